The first-order chi connectivity index (χ1) is 10.9. The zero-order valence-electron chi connectivity index (χ0n) is 15.9. The van der Waals surface area contributed by atoms with E-state index in [1.807, 2.05) is 0 Å². The molecule has 1 heteroatoms. The molecule has 0 spiro atoms. The van der Waals surface area contributed by atoms with Gasteiger partial charge < -0.3 is 5.11 Å². The van der Waals surface area contributed by atoms with Crippen LogP contribution in [0.15, 0.2) is 0 Å². The van der Waals surface area contributed by atoms with E-state index in [1.54, 1.807) is 0 Å². The number of aliphatic hydroxyl groups is 1. The van der Waals surface area contributed by atoms with Gasteiger partial charge in [-0.3, -0.25) is 0 Å². The predicted octanol–water partition coefficient (Wildman–Crippen LogP) is 6.34. The number of hydrogen-bond acceptors (Lipinski definition) is 1. The number of aliphatic hydroxyl groups excluding tert-OH is 1. The van der Waals surface area contributed by atoms with Crippen LogP contribution in [0, 0.1) is 28.6 Å². The van der Waals surface area contributed by atoms with Gasteiger partial charge in [0.2, 0.25) is 0 Å². The van der Waals surface area contributed by atoms with Crippen LogP contribution in [0.1, 0.15) is 104 Å². The molecule has 0 aliphatic heterocycles. The van der Waals surface area contributed by atoms with Crippen molar-refractivity contribution in [3.63, 3.8) is 0 Å². The molecule has 1 nitrogen and oxygen atoms in total. The van der Waals surface area contributed by atoms with E-state index >= 15 is 0 Å². The van der Waals surface area contributed by atoms with Crippen molar-refractivity contribution < 1.29 is 5.11 Å². The van der Waals surface area contributed by atoms with E-state index in [9.17, 15) is 5.11 Å². The summed E-state index contributed by atoms with van der Waals surface area (Å²) in [6.45, 7) is 7.70. The quantitative estimate of drug-likeness (QED) is 0.643. The van der Waals surface area contributed by atoms with E-state index in [0.29, 0.717) is 10.8 Å². The van der Waals surface area contributed by atoms with Crippen molar-refractivity contribution in [2.24, 2.45) is 28.6 Å². The van der Waals surface area contributed by atoms with Gasteiger partial charge in [-0.1, -0.05) is 40.0 Å². The van der Waals surface area contributed by atoms with Gasteiger partial charge in [0.25, 0.3) is 0 Å². The molecule has 0 heterocycles. The first-order valence-corrected chi connectivity index (χ1v) is 10.6. The smallest absolute Gasteiger partial charge is 0.0540 e. The van der Waals surface area contributed by atoms with Crippen LogP contribution in [0.2, 0.25) is 0 Å². The minimum Gasteiger partial charge on any atom is -0.393 e. The highest BCUT2D eigenvalue weighted by atomic mass is 16.3. The van der Waals surface area contributed by atoms with Crippen LogP contribution in [-0.2, 0) is 0 Å². The molecule has 0 radical (unpaired) electrons. The van der Waals surface area contributed by atoms with Gasteiger partial charge in [-0.25, -0.2) is 0 Å². The minimum absolute atomic E-state index is 0.0111. The van der Waals surface area contributed by atoms with Gasteiger partial charge in [0.05, 0.1) is 6.10 Å². The Morgan fingerprint density at radius 3 is 1.83 bits per heavy atom. The summed E-state index contributed by atoms with van der Waals surface area (Å²) in [5.74, 6) is 2.78. The summed E-state index contributed by atoms with van der Waals surface area (Å²) < 4.78 is 0. The molecular formula is C22H40O. The summed E-state index contributed by atoms with van der Waals surface area (Å²) in [6, 6.07) is 0. The van der Waals surface area contributed by atoms with Gasteiger partial charge in [-0.15, -0.1) is 0 Å². The topological polar surface area (TPSA) is 20.2 Å². The lowest BCUT2D eigenvalue weighted by Crippen LogP contribution is -2.41. The normalized spacial score (nSPS) is 41.0. The Labute approximate surface area is 144 Å². The molecule has 1 N–H and O–H groups in total. The van der Waals surface area contributed by atoms with Crippen molar-refractivity contribution >= 4 is 0 Å². The molecule has 3 saturated carbocycles. The van der Waals surface area contributed by atoms with Crippen molar-refractivity contribution in [1.82, 2.24) is 0 Å². The maximum atomic E-state index is 9.82. The molecule has 0 aromatic heterocycles. The third-order valence-electron chi connectivity index (χ3n) is 8.52. The lowest BCUT2D eigenvalue weighted by Gasteiger charge is -2.51. The molecule has 23 heavy (non-hydrogen) atoms. The fourth-order valence-corrected chi connectivity index (χ4v) is 6.38. The predicted molar refractivity (Wildman–Crippen MR) is 98.4 cm³/mol. The highest BCUT2D eigenvalue weighted by molar-refractivity contribution is 4.95. The van der Waals surface area contributed by atoms with Crippen molar-refractivity contribution in [2.45, 2.75) is 110 Å². The summed E-state index contributed by atoms with van der Waals surface area (Å²) in [4.78, 5) is 0. The summed E-state index contributed by atoms with van der Waals surface area (Å²) in [5, 5.41) is 9.82. The van der Waals surface area contributed by atoms with E-state index in [1.165, 1.54) is 70.6 Å². The molecule has 0 aromatic rings. The number of rotatable bonds is 3. The van der Waals surface area contributed by atoms with Crippen LogP contribution < -0.4 is 0 Å². The lowest BCUT2D eigenvalue weighted by atomic mass is 9.55. The van der Waals surface area contributed by atoms with E-state index in [4.69, 9.17) is 0 Å². The van der Waals surface area contributed by atoms with Crippen molar-refractivity contribution in [3.05, 3.63) is 0 Å². The van der Waals surface area contributed by atoms with E-state index in [2.05, 4.69) is 20.8 Å². The Kier molecular flexibility index (Phi) is 5.46. The Morgan fingerprint density at radius 1 is 0.739 bits per heavy atom. The molecule has 0 amide bonds. The van der Waals surface area contributed by atoms with Gasteiger partial charge in [-0.05, 0) is 92.8 Å². The molecular weight excluding hydrogens is 280 g/mol. The maximum Gasteiger partial charge on any atom is 0.0540 e. The zero-order chi connectivity index (χ0) is 16.5. The van der Waals surface area contributed by atoms with Crippen LogP contribution in [-0.4, -0.2) is 11.2 Å². The lowest BCUT2D eigenvalue weighted by molar-refractivity contribution is -0.0128. The third-order valence-corrected chi connectivity index (χ3v) is 8.52. The van der Waals surface area contributed by atoms with Gasteiger partial charge in [0.1, 0.15) is 0 Å². The van der Waals surface area contributed by atoms with Crippen LogP contribution in [0.4, 0.5) is 0 Å². The first-order valence-electron chi connectivity index (χ1n) is 10.6. The molecule has 0 aromatic carbocycles. The van der Waals surface area contributed by atoms with Gasteiger partial charge in [-0.2, -0.15) is 0 Å². The monoisotopic (exact) mass is 320 g/mol. The van der Waals surface area contributed by atoms with Gasteiger partial charge in [0.15, 0.2) is 0 Å². The van der Waals surface area contributed by atoms with Gasteiger partial charge in [0, 0.05) is 0 Å². The Morgan fingerprint density at radius 2 is 1.26 bits per heavy atom. The summed E-state index contributed by atoms with van der Waals surface area (Å²) >= 11 is 0. The highest BCUT2D eigenvalue weighted by Gasteiger charge is 2.44. The first kappa shape index (κ1) is 17.8. The van der Waals surface area contributed by atoms with E-state index in [0.717, 1.165) is 30.6 Å². The molecule has 0 bridgehead atoms. The molecule has 3 fully saturated rings. The van der Waals surface area contributed by atoms with Crippen LogP contribution >= 0.6 is 0 Å². The van der Waals surface area contributed by atoms with E-state index < -0.39 is 0 Å². The average molecular weight is 321 g/mol. The molecule has 3 aliphatic rings. The molecule has 0 atom stereocenters. The second-order valence-electron chi connectivity index (χ2n) is 10.1. The maximum absolute atomic E-state index is 9.82. The van der Waals surface area contributed by atoms with Crippen LogP contribution in [0.25, 0.3) is 0 Å². The molecule has 0 unspecified atom stereocenters. The van der Waals surface area contributed by atoms with Crippen LogP contribution in [0.3, 0.4) is 0 Å². The van der Waals surface area contributed by atoms with Crippen molar-refractivity contribution in [1.29, 1.82) is 0 Å². The Hall–Kier alpha value is -0.0400. The Balaban J connectivity index is 1.57. The van der Waals surface area contributed by atoms with Crippen molar-refractivity contribution in [3.8, 4) is 0 Å². The molecule has 0 saturated heterocycles. The second-order valence-corrected chi connectivity index (χ2v) is 10.1. The fourth-order valence-electron chi connectivity index (χ4n) is 6.38. The summed E-state index contributed by atoms with van der Waals surface area (Å²) in [7, 11) is 0. The molecule has 134 valence electrons. The number of hydrogen-bond donors (Lipinski definition) is 1. The third kappa shape index (κ3) is 3.80. The standard InChI is InChI=1S/C22H40O/c1-21(2,17-9-11-20(23)12-10-17)18-13-15-22(3,16-14-18)19-7-5-4-6-8-19/h17-20,23H,4-16H2,1-3H3. The zero-order valence-corrected chi connectivity index (χ0v) is 15.9. The largest absolute Gasteiger partial charge is 0.393 e. The van der Waals surface area contributed by atoms with E-state index in [-0.39, 0.29) is 6.10 Å². The fraction of sp³-hybridized carbons (Fsp3) is 1.00. The summed E-state index contributed by atoms with van der Waals surface area (Å²) in [6.07, 6.45) is 17.9. The minimum atomic E-state index is -0.0111. The molecule has 3 aliphatic carbocycles. The van der Waals surface area contributed by atoms with Gasteiger partial charge >= 0.3 is 0 Å². The van der Waals surface area contributed by atoms with Crippen LogP contribution in [0.5, 0.6) is 0 Å². The molecule has 3 rings (SSSR count). The average Bonchev–Trinajstić information content (AvgIpc) is 2.56. The van der Waals surface area contributed by atoms with Crippen molar-refractivity contribution in [2.75, 3.05) is 0 Å². The SMILES string of the molecule is CC1(C2CCCCC2)CCC(C(C)(C)C2CCC(O)CC2)CC1. The second kappa shape index (κ2) is 7.06. The highest BCUT2D eigenvalue weighted by Crippen LogP contribution is 2.55. The Bertz CT molecular complexity index is 363. The summed E-state index contributed by atoms with van der Waals surface area (Å²) in [5.41, 5.74) is 1.13.